The largest absolute Gasteiger partial charge is 0.493 e. The molecule has 1 unspecified atom stereocenters. The average Bonchev–Trinajstić information content (AvgIpc) is 3.12. The molecule has 3 aromatic rings. The Bertz CT molecular complexity index is 1240. The number of carbonyl (C=O) groups excluding carboxylic acids is 1. The third-order valence-corrected chi connectivity index (χ3v) is 6.52. The molecule has 1 amide bonds. The summed E-state index contributed by atoms with van der Waals surface area (Å²) in [7, 11) is 2.02. The molecular weight excluding hydrogens is 497 g/mol. The first-order chi connectivity index (χ1) is 17.1. The summed E-state index contributed by atoms with van der Waals surface area (Å²) in [4.78, 5) is 34.4. The Kier molecular flexibility index (Phi) is 7.71. The summed E-state index contributed by atoms with van der Waals surface area (Å²) >= 11 is -0.274. The van der Waals surface area contributed by atoms with Crippen LogP contribution in [0.25, 0.3) is 5.69 Å². The molecule has 0 spiro atoms. The van der Waals surface area contributed by atoms with E-state index >= 15 is 0 Å². The predicted molar refractivity (Wildman–Crippen MR) is 128 cm³/mol. The molecule has 9 nitrogen and oxygen atoms in total. The van der Waals surface area contributed by atoms with E-state index in [-0.39, 0.29) is 34.8 Å². The number of pyridine rings is 1. The summed E-state index contributed by atoms with van der Waals surface area (Å²) < 4.78 is 40.0. The minimum atomic E-state index is -4.44. The molecule has 1 saturated heterocycles. The number of hydrogen-bond acceptors (Lipinski definition) is 7. The molecule has 1 aliphatic heterocycles. The van der Waals surface area contributed by atoms with E-state index in [1.165, 1.54) is 47.4 Å². The molecule has 2 aromatic heterocycles. The van der Waals surface area contributed by atoms with Crippen LogP contribution >= 0.6 is 11.8 Å². The molecule has 36 heavy (non-hydrogen) atoms. The van der Waals surface area contributed by atoms with Crippen LogP contribution < -0.4 is 11.0 Å². The number of alkyl halides is 3. The van der Waals surface area contributed by atoms with Crippen molar-refractivity contribution < 1.29 is 23.1 Å². The first-order valence-corrected chi connectivity index (χ1v) is 11.9. The summed E-state index contributed by atoms with van der Waals surface area (Å²) in [6.45, 7) is 3.32. The van der Waals surface area contributed by atoms with Crippen LogP contribution in [-0.4, -0.2) is 80.2 Å². The molecule has 1 atom stereocenters. The van der Waals surface area contributed by atoms with E-state index in [0.717, 1.165) is 30.7 Å². The summed E-state index contributed by atoms with van der Waals surface area (Å²) in [5.74, 6) is -0.724. The number of thioether (sulfide) groups is 1. The van der Waals surface area contributed by atoms with E-state index in [1.807, 2.05) is 11.9 Å². The fourth-order valence-electron chi connectivity index (χ4n) is 3.94. The van der Waals surface area contributed by atoms with Crippen molar-refractivity contribution in [3.8, 4) is 11.6 Å². The van der Waals surface area contributed by atoms with E-state index < -0.39 is 23.2 Å². The van der Waals surface area contributed by atoms with Gasteiger partial charge in [-0.05, 0) is 60.8 Å². The number of likely N-dealkylation sites (N-methyl/N-ethyl adjacent to an activating group) is 1. The van der Waals surface area contributed by atoms with Crippen LogP contribution in [0, 0.1) is 0 Å². The smallest absolute Gasteiger partial charge is 0.446 e. The van der Waals surface area contributed by atoms with Crippen LogP contribution in [0.1, 0.15) is 11.7 Å². The number of hydrogen-bond donors (Lipinski definition) is 2. The van der Waals surface area contributed by atoms with Crippen LogP contribution in [0.2, 0.25) is 0 Å². The maximum Gasteiger partial charge on any atom is 0.446 e. The lowest BCUT2D eigenvalue weighted by Gasteiger charge is -2.32. The first kappa shape index (κ1) is 25.8. The second-order valence-corrected chi connectivity index (χ2v) is 9.52. The van der Waals surface area contributed by atoms with Gasteiger partial charge < -0.3 is 15.3 Å². The molecule has 1 fully saturated rings. The molecule has 2 N–H and O–H groups in total. The quantitative estimate of drug-likeness (QED) is 0.460. The van der Waals surface area contributed by atoms with Gasteiger partial charge in [0.05, 0.1) is 18.4 Å². The van der Waals surface area contributed by atoms with Gasteiger partial charge in [0, 0.05) is 43.5 Å². The van der Waals surface area contributed by atoms with E-state index in [0.29, 0.717) is 5.56 Å². The van der Waals surface area contributed by atoms with Crippen molar-refractivity contribution in [2.75, 3.05) is 39.8 Å². The number of nitrogens with zero attached hydrogens (tertiary/aromatic N) is 5. The maximum atomic E-state index is 13.3. The zero-order valence-electron chi connectivity index (χ0n) is 19.4. The minimum absolute atomic E-state index is 0.0518. The Balaban J connectivity index is 1.60. The van der Waals surface area contributed by atoms with Crippen LogP contribution in [0.3, 0.4) is 0 Å². The van der Waals surface area contributed by atoms with Crippen LogP contribution in [-0.2, 0) is 4.79 Å². The highest BCUT2D eigenvalue weighted by atomic mass is 32.2. The number of aromatic nitrogens is 3. The van der Waals surface area contributed by atoms with Gasteiger partial charge in [-0.15, -0.1) is 0 Å². The van der Waals surface area contributed by atoms with Gasteiger partial charge in [-0.3, -0.25) is 19.2 Å². The van der Waals surface area contributed by atoms with E-state index in [1.54, 1.807) is 12.1 Å². The van der Waals surface area contributed by atoms with Crippen LogP contribution in [0.5, 0.6) is 5.88 Å². The number of rotatable bonds is 7. The van der Waals surface area contributed by atoms with E-state index in [2.05, 4.69) is 15.2 Å². The molecule has 0 aliphatic carbocycles. The fourth-order valence-corrected chi connectivity index (χ4v) is 4.48. The van der Waals surface area contributed by atoms with Crippen LogP contribution in [0.15, 0.2) is 64.7 Å². The molecule has 3 heterocycles. The number of aromatic hydroxyl groups is 1. The van der Waals surface area contributed by atoms with Gasteiger partial charge >= 0.3 is 11.2 Å². The molecule has 1 aromatic carbocycles. The van der Waals surface area contributed by atoms with Crippen LogP contribution in [0.4, 0.5) is 13.2 Å². The Hall–Kier alpha value is -3.29. The summed E-state index contributed by atoms with van der Waals surface area (Å²) in [6.07, 6.45) is 3.29. The zero-order chi connectivity index (χ0) is 25.9. The maximum absolute atomic E-state index is 13.3. The Morgan fingerprint density at radius 2 is 1.75 bits per heavy atom. The highest BCUT2D eigenvalue weighted by molar-refractivity contribution is 8.00. The third-order valence-electron chi connectivity index (χ3n) is 5.79. The van der Waals surface area contributed by atoms with Crippen molar-refractivity contribution in [3.63, 3.8) is 0 Å². The summed E-state index contributed by atoms with van der Waals surface area (Å²) in [6, 6.07) is 8.35. The third kappa shape index (κ3) is 6.28. The molecule has 0 saturated carbocycles. The number of piperazine rings is 1. The molecule has 0 bridgehead atoms. The SMILES string of the molecule is CN1CCN(CC(=O)NC(c2ccncc2)n2cc(O)n(-c3ccc(SC(F)(F)F)cc3)c2=O)CC1. The highest BCUT2D eigenvalue weighted by Crippen LogP contribution is 2.37. The number of halogens is 3. The monoisotopic (exact) mass is 522 g/mol. The molecular formula is C23H25F3N6O3S. The summed E-state index contributed by atoms with van der Waals surface area (Å²) in [5.41, 5.74) is -4.37. The van der Waals surface area contributed by atoms with Gasteiger partial charge in [-0.2, -0.15) is 13.2 Å². The lowest BCUT2D eigenvalue weighted by Crippen LogP contribution is -2.49. The number of carbonyl (C=O) groups is 1. The lowest BCUT2D eigenvalue weighted by molar-refractivity contribution is -0.123. The molecule has 4 rings (SSSR count). The fraction of sp³-hybridized carbons (Fsp3) is 0.348. The molecule has 13 heteroatoms. The lowest BCUT2D eigenvalue weighted by atomic mass is 10.2. The van der Waals surface area contributed by atoms with Crippen molar-refractivity contribution >= 4 is 17.7 Å². The van der Waals surface area contributed by atoms with Gasteiger partial charge in [0.15, 0.2) is 0 Å². The topological polar surface area (TPSA) is 95.6 Å². The van der Waals surface area contributed by atoms with Crippen molar-refractivity contribution in [2.45, 2.75) is 16.6 Å². The molecule has 0 radical (unpaired) electrons. The summed E-state index contributed by atoms with van der Waals surface area (Å²) in [5, 5.41) is 13.4. The number of nitrogens with one attached hydrogen (secondary N) is 1. The predicted octanol–water partition coefficient (Wildman–Crippen LogP) is 2.26. The normalized spacial score (nSPS) is 16.1. The minimum Gasteiger partial charge on any atom is -0.493 e. The van der Waals surface area contributed by atoms with E-state index in [9.17, 15) is 27.9 Å². The van der Waals surface area contributed by atoms with Gasteiger partial charge in [-0.25, -0.2) is 9.36 Å². The average molecular weight is 523 g/mol. The second-order valence-electron chi connectivity index (χ2n) is 8.38. The highest BCUT2D eigenvalue weighted by Gasteiger charge is 2.29. The standard InChI is InChI=1S/C23H25F3N6O3S/c1-29-10-12-30(13-11-29)14-19(33)28-21(16-6-8-27-9-7-16)31-15-20(34)32(22(31)35)17-2-4-18(5-3-17)36-23(24,25)26/h2-9,15,21,34H,10-14H2,1H3,(H,28,33). The Morgan fingerprint density at radius 1 is 1.11 bits per heavy atom. The van der Waals surface area contributed by atoms with Crippen molar-refractivity contribution in [3.05, 3.63) is 71.0 Å². The van der Waals surface area contributed by atoms with Gasteiger partial charge in [-0.1, -0.05) is 0 Å². The van der Waals surface area contributed by atoms with E-state index in [4.69, 9.17) is 0 Å². The van der Waals surface area contributed by atoms with Crippen molar-refractivity contribution in [1.29, 1.82) is 0 Å². The second kappa shape index (κ2) is 10.8. The number of imidazole rings is 1. The van der Waals surface area contributed by atoms with Crippen molar-refractivity contribution in [1.82, 2.24) is 29.2 Å². The number of amides is 1. The molecule has 1 aliphatic rings. The molecule has 192 valence electrons. The number of benzene rings is 1. The van der Waals surface area contributed by atoms with Gasteiger partial charge in [0.25, 0.3) is 0 Å². The zero-order valence-corrected chi connectivity index (χ0v) is 20.2. The Labute approximate surface area is 209 Å². The van der Waals surface area contributed by atoms with Crippen molar-refractivity contribution in [2.24, 2.45) is 0 Å². The Morgan fingerprint density at radius 3 is 2.36 bits per heavy atom. The first-order valence-electron chi connectivity index (χ1n) is 11.1. The van der Waals surface area contributed by atoms with Gasteiger partial charge in [0.1, 0.15) is 6.17 Å². The van der Waals surface area contributed by atoms with Gasteiger partial charge in [0.2, 0.25) is 11.8 Å².